The third kappa shape index (κ3) is 4.95. The fraction of sp³-hybridized carbons (Fsp3) is 0.250. The number of nitrogens with one attached hydrogen (secondary N) is 1. The van der Waals surface area contributed by atoms with Crippen LogP contribution in [0.1, 0.15) is 28.9 Å². The molecule has 0 spiro atoms. The summed E-state index contributed by atoms with van der Waals surface area (Å²) in [5.41, 5.74) is 5.12. The number of carbonyl (C=O) groups excluding carboxylic acids is 2. The standard InChI is InChI=1S/C28H28N4O3/c1-35-24-13-15-31(16-14-24)28(34)21-7-9-22(10-8-21)30-27(33)17-26-25(20-5-3-2-4-6-20)12-11-23-18-29-19-32(23)26/h2-12,18-19,24H,13-17H2,1H3,(H,30,33). The Morgan fingerprint density at radius 1 is 1.00 bits per heavy atom. The minimum absolute atomic E-state index is 0.0109. The number of methoxy groups -OCH3 is 1. The lowest BCUT2D eigenvalue weighted by Crippen LogP contribution is -2.40. The van der Waals surface area contributed by atoms with Crippen LogP contribution >= 0.6 is 0 Å². The minimum Gasteiger partial charge on any atom is -0.381 e. The van der Waals surface area contributed by atoms with Gasteiger partial charge in [-0.1, -0.05) is 36.4 Å². The topological polar surface area (TPSA) is 75.9 Å². The number of carbonyl (C=O) groups is 2. The van der Waals surface area contributed by atoms with Gasteiger partial charge in [-0.25, -0.2) is 4.98 Å². The first-order chi connectivity index (χ1) is 17.1. The summed E-state index contributed by atoms with van der Waals surface area (Å²) >= 11 is 0. The van der Waals surface area contributed by atoms with Crippen LogP contribution in [0.25, 0.3) is 16.6 Å². The van der Waals surface area contributed by atoms with E-state index in [4.69, 9.17) is 4.74 Å². The van der Waals surface area contributed by atoms with Crippen molar-refractivity contribution in [1.29, 1.82) is 0 Å². The molecule has 1 saturated heterocycles. The van der Waals surface area contributed by atoms with Crippen molar-refractivity contribution in [3.8, 4) is 11.1 Å². The first-order valence-electron chi connectivity index (χ1n) is 11.8. The highest BCUT2D eigenvalue weighted by molar-refractivity contribution is 5.96. The number of amides is 2. The smallest absolute Gasteiger partial charge is 0.253 e. The van der Waals surface area contributed by atoms with E-state index in [2.05, 4.69) is 10.3 Å². The summed E-state index contributed by atoms with van der Waals surface area (Å²) < 4.78 is 7.34. The molecule has 178 valence electrons. The minimum atomic E-state index is -0.135. The lowest BCUT2D eigenvalue weighted by Gasteiger charge is -2.31. The van der Waals surface area contributed by atoms with Crippen LogP contribution in [0.2, 0.25) is 0 Å². The van der Waals surface area contributed by atoms with E-state index in [9.17, 15) is 9.59 Å². The molecule has 0 atom stereocenters. The first kappa shape index (κ1) is 22.8. The zero-order chi connectivity index (χ0) is 24.2. The maximum absolute atomic E-state index is 13.0. The van der Waals surface area contributed by atoms with Gasteiger partial charge in [-0.05, 0) is 48.7 Å². The highest BCUT2D eigenvalue weighted by atomic mass is 16.5. The Morgan fingerprint density at radius 2 is 1.74 bits per heavy atom. The Morgan fingerprint density at radius 3 is 2.46 bits per heavy atom. The zero-order valence-electron chi connectivity index (χ0n) is 19.7. The summed E-state index contributed by atoms with van der Waals surface area (Å²) in [7, 11) is 1.72. The van der Waals surface area contributed by atoms with Crippen molar-refractivity contribution in [1.82, 2.24) is 14.3 Å². The Labute approximate surface area is 204 Å². The van der Waals surface area contributed by atoms with Crippen molar-refractivity contribution < 1.29 is 14.3 Å². The van der Waals surface area contributed by atoms with Crippen molar-refractivity contribution in [2.75, 3.05) is 25.5 Å². The molecular weight excluding hydrogens is 440 g/mol. The van der Waals surface area contributed by atoms with E-state index in [-0.39, 0.29) is 24.3 Å². The molecule has 2 amide bonds. The van der Waals surface area contributed by atoms with Gasteiger partial charge in [-0.15, -0.1) is 0 Å². The van der Waals surface area contributed by atoms with Crippen molar-refractivity contribution in [2.45, 2.75) is 25.4 Å². The molecule has 2 aromatic carbocycles. The summed E-state index contributed by atoms with van der Waals surface area (Å²) in [6, 6.07) is 21.2. The van der Waals surface area contributed by atoms with Gasteiger partial charge in [0.15, 0.2) is 0 Å². The predicted molar refractivity (Wildman–Crippen MR) is 135 cm³/mol. The number of anilines is 1. The van der Waals surface area contributed by atoms with E-state index >= 15 is 0 Å². The Hall–Kier alpha value is -3.97. The fourth-order valence-electron chi connectivity index (χ4n) is 4.64. The number of aromatic nitrogens is 2. The van der Waals surface area contributed by atoms with E-state index in [1.807, 2.05) is 51.8 Å². The first-order valence-corrected chi connectivity index (χ1v) is 11.8. The molecule has 5 rings (SSSR count). The van der Waals surface area contributed by atoms with Crippen molar-refractivity contribution in [3.05, 3.63) is 90.5 Å². The Balaban J connectivity index is 1.29. The number of ether oxygens (including phenoxy) is 1. The summed E-state index contributed by atoms with van der Waals surface area (Å²) in [5, 5.41) is 2.97. The predicted octanol–water partition coefficient (Wildman–Crippen LogP) is 4.43. The van der Waals surface area contributed by atoms with E-state index in [1.54, 1.807) is 43.9 Å². The van der Waals surface area contributed by atoms with Crippen LogP contribution in [0.15, 0.2) is 79.3 Å². The van der Waals surface area contributed by atoms with Crippen LogP contribution in [-0.2, 0) is 16.0 Å². The van der Waals surface area contributed by atoms with E-state index < -0.39 is 0 Å². The molecule has 4 aromatic rings. The molecule has 0 radical (unpaired) electrons. The van der Waals surface area contributed by atoms with Gasteiger partial charge in [0.25, 0.3) is 5.91 Å². The molecule has 1 aliphatic rings. The number of pyridine rings is 1. The number of hydrogen-bond donors (Lipinski definition) is 1. The van der Waals surface area contributed by atoms with E-state index in [0.717, 1.165) is 35.2 Å². The molecule has 35 heavy (non-hydrogen) atoms. The number of benzene rings is 2. The number of rotatable bonds is 6. The van der Waals surface area contributed by atoms with Gasteiger partial charge >= 0.3 is 0 Å². The molecular formula is C28H28N4O3. The lowest BCUT2D eigenvalue weighted by molar-refractivity contribution is -0.115. The third-order valence-corrected chi connectivity index (χ3v) is 6.58. The average Bonchev–Trinajstić information content (AvgIpc) is 3.39. The molecule has 0 bridgehead atoms. The molecule has 7 heteroatoms. The highest BCUT2D eigenvalue weighted by Crippen LogP contribution is 2.26. The molecule has 3 heterocycles. The van der Waals surface area contributed by atoms with Gasteiger partial charge in [-0.3, -0.25) is 9.59 Å². The Bertz CT molecular complexity index is 1320. The maximum Gasteiger partial charge on any atom is 0.253 e. The summed E-state index contributed by atoms with van der Waals surface area (Å²) in [6.45, 7) is 1.39. The average molecular weight is 469 g/mol. The highest BCUT2D eigenvalue weighted by Gasteiger charge is 2.23. The second-order valence-corrected chi connectivity index (χ2v) is 8.78. The molecule has 0 aliphatic carbocycles. The summed E-state index contributed by atoms with van der Waals surface area (Å²) in [4.78, 5) is 32.0. The number of nitrogens with zero attached hydrogens (tertiary/aromatic N) is 3. The third-order valence-electron chi connectivity index (χ3n) is 6.58. The van der Waals surface area contributed by atoms with Crippen molar-refractivity contribution >= 4 is 23.0 Å². The van der Waals surface area contributed by atoms with Crippen LogP contribution in [0.5, 0.6) is 0 Å². The lowest BCUT2D eigenvalue weighted by atomic mass is 10.0. The van der Waals surface area contributed by atoms with Crippen LogP contribution in [0.4, 0.5) is 5.69 Å². The van der Waals surface area contributed by atoms with Gasteiger partial charge in [0, 0.05) is 42.7 Å². The second-order valence-electron chi connectivity index (χ2n) is 8.78. The molecule has 0 saturated carbocycles. The van der Waals surface area contributed by atoms with Gasteiger partial charge in [0.2, 0.25) is 5.91 Å². The number of imidazole rings is 1. The molecule has 0 unspecified atom stereocenters. The van der Waals surface area contributed by atoms with Gasteiger partial charge in [0.05, 0.1) is 30.6 Å². The van der Waals surface area contributed by atoms with Gasteiger partial charge in [0.1, 0.15) is 0 Å². The monoisotopic (exact) mass is 468 g/mol. The van der Waals surface area contributed by atoms with Crippen LogP contribution in [0, 0.1) is 0 Å². The second kappa shape index (κ2) is 10.1. The normalized spacial score (nSPS) is 14.3. The van der Waals surface area contributed by atoms with Crippen LogP contribution in [0.3, 0.4) is 0 Å². The number of piperidine rings is 1. The van der Waals surface area contributed by atoms with E-state index in [0.29, 0.717) is 24.3 Å². The van der Waals surface area contributed by atoms with Crippen LogP contribution in [-0.4, -0.2) is 52.4 Å². The van der Waals surface area contributed by atoms with Crippen molar-refractivity contribution in [2.24, 2.45) is 0 Å². The van der Waals surface area contributed by atoms with Gasteiger partial charge < -0.3 is 19.4 Å². The molecule has 2 aromatic heterocycles. The molecule has 7 nitrogen and oxygen atoms in total. The summed E-state index contributed by atoms with van der Waals surface area (Å²) in [6.07, 6.45) is 5.64. The SMILES string of the molecule is COC1CCN(C(=O)c2ccc(NC(=O)Cc3c(-c4ccccc4)ccc4cncn34)cc2)CC1. The number of likely N-dealkylation sites (tertiary alicyclic amines) is 1. The molecule has 1 fully saturated rings. The van der Waals surface area contributed by atoms with Crippen LogP contribution < -0.4 is 5.32 Å². The molecule has 1 aliphatic heterocycles. The van der Waals surface area contributed by atoms with E-state index in [1.165, 1.54) is 0 Å². The summed E-state index contributed by atoms with van der Waals surface area (Å²) in [5.74, 6) is -0.124. The quantitative estimate of drug-likeness (QED) is 0.454. The Kier molecular flexibility index (Phi) is 6.59. The maximum atomic E-state index is 13.0. The number of hydrogen-bond acceptors (Lipinski definition) is 4. The fourth-order valence-corrected chi connectivity index (χ4v) is 4.64. The van der Waals surface area contributed by atoms with Crippen molar-refractivity contribution in [3.63, 3.8) is 0 Å². The largest absolute Gasteiger partial charge is 0.381 e. The van der Waals surface area contributed by atoms with Gasteiger partial charge in [-0.2, -0.15) is 0 Å². The number of fused-ring (bicyclic) bond motifs is 1. The molecule has 1 N–H and O–H groups in total. The zero-order valence-corrected chi connectivity index (χ0v) is 19.7.